The number of pyridine rings is 6. The number of hydrogen-bond donors (Lipinski definition) is 0. The molecule has 9 aromatic rings. The Morgan fingerprint density at radius 1 is 0.442 bits per heavy atom. The van der Waals surface area contributed by atoms with E-state index in [1.165, 1.54) is 6.33 Å². The van der Waals surface area contributed by atoms with Crippen LogP contribution in [0.2, 0.25) is 0 Å². The van der Waals surface area contributed by atoms with Crippen molar-refractivity contribution < 1.29 is 28.6 Å². The van der Waals surface area contributed by atoms with Gasteiger partial charge in [0.2, 0.25) is 0 Å². The zero-order chi connectivity index (χ0) is 54.3. The fourth-order valence-electron chi connectivity index (χ4n) is 7.42. The number of ether oxygens (including phenoxy) is 3. The van der Waals surface area contributed by atoms with Gasteiger partial charge in [0.1, 0.15) is 52.3 Å². The van der Waals surface area contributed by atoms with Gasteiger partial charge in [-0.3, -0.25) is 29.3 Å². The lowest BCUT2D eigenvalue weighted by Gasteiger charge is -2.08. The molecule has 0 atom stereocenters. The van der Waals surface area contributed by atoms with E-state index >= 15 is 0 Å². The fraction of sp³-hybridized carbons (Fsp3) is 0.237. The summed E-state index contributed by atoms with van der Waals surface area (Å²) < 4.78 is 17.3. The minimum absolute atomic E-state index is 0.0970. The smallest absolute Gasteiger partial charge is 0.187 e. The third kappa shape index (κ3) is 16.5. The first-order valence-corrected chi connectivity index (χ1v) is 24.9. The second-order valence-corrected chi connectivity index (χ2v) is 18.3. The summed E-state index contributed by atoms with van der Waals surface area (Å²) in [7, 11) is 0. The van der Waals surface area contributed by atoms with Crippen LogP contribution in [0.4, 0.5) is 0 Å². The molecule has 0 N–H and O–H groups in total. The Balaban J connectivity index is 0.000000153. The van der Waals surface area contributed by atoms with E-state index in [4.69, 9.17) is 14.2 Å². The van der Waals surface area contributed by atoms with Crippen molar-refractivity contribution in [1.29, 1.82) is 0 Å². The Morgan fingerprint density at radius 2 is 0.857 bits per heavy atom. The number of Topliss-reactive ketones (excluding diaryl/α,β-unsaturated/α-hetero) is 3. The van der Waals surface area contributed by atoms with E-state index in [1.807, 2.05) is 84.0 Å². The number of carbonyl (C=O) groups excluding carboxylic acids is 3. The molecule has 18 heteroatoms. The van der Waals surface area contributed by atoms with Crippen LogP contribution in [0.1, 0.15) is 120 Å². The molecule has 9 heterocycles. The summed E-state index contributed by atoms with van der Waals surface area (Å²) in [6.45, 7) is 13.2. The summed E-state index contributed by atoms with van der Waals surface area (Å²) in [5.41, 5.74) is 8.45. The Kier molecular flexibility index (Phi) is 17.9. The molecule has 9 aromatic heterocycles. The third-order valence-electron chi connectivity index (χ3n) is 11.4. The highest BCUT2D eigenvalue weighted by Gasteiger charge is 2.26. The number of ketones is 3. The van der Waals surface area contributed by atoms with E-state index in [1.54, 1.807) is 92.9 Å². The van der Waals surface area contributed by atoms with Crippen molar-refractivity contribution in [3.63, 3.8) is 0 Å². The SMILES string of the molecule is CCc1cccc(CC(=O)c2cc(Oc3cncnc3)cc(C)n2)n1.Cc1ccc(CC(=O)c2cc(Oc3cnc(C)nc3)cc(C)n2)nc1.Cc1ccc(CC(=O)c2cc(Oc3cnc(C4CC4)nc3)cc(C)n2)nc1. The Morgan fingerprint density at radius 3 is 1.27 bits per heavy atom. The number of rotatable bonds is 17. The van der Waals surface area contributed by atoms with Crippen LogP contribution in [0.25, 0.3) is 0 Å². The topological polar surface area (TPSA) is 234 Å². The maximum absolute atomic E-state index is 12.6. The van der Waals surface area contributed by atoms with Crippen LogP contribution in [-0.4, -0.2) is 77.2 Å². The number of aromatic nitrogens is 12. The highest BCUT2D eigenvalue weighted by atomic mass is 16.5. The van der Waals surface area contributed by atoms with Gasteiger partial charge in [-0.05, 0) is 96.2 Å². The molecule has 1 fully saturated rings. The number of nitrogens with zero attached hydrogens (tertiary/aromatic N) is 12. The zero-order valence-electron chi connectivity index (χ0n) is 43.8. The van der Waals surface area contributed by atoms with E-state index in [2.05, 4.69) is 59.8 Å². The van der Waals surface area contributed by atoms with Crippen molar-refractivity contribution >= 4 is 17.3 Å². The Bertz CT molecular complexity index is 3470. The van der Waals surface area contributed by atoms with Gasteiger partial charge in [0.15, 0.2) is 34.6 Å². The Hall–Kier alpha value is -9.45. The average Bonchev–Trinajstić information content (AvgIpc) is 4.28. The summed E-state index contributed by atoms with van der Waals surface area (Å²) in [6.07, 6.45) is 18.3. The molecule has 1 aliphatic rings. The van der Waals surface area contributed by atoms with Crippen molar-refractivity contribution in [2.45, 2.75) is 92.9 Å². The molecule has 0 aliphatic heterocycles. The van der Waals surface area contributed by atoms with E-state index in [9.17, 15) is 14.4 Å². The predicted molar refractivity (Wildman–Crippen MR) is 286 cm³/mol. The van der Waals surface area contributed by atoms with E-state index < -0.39 is 0 Å². The third-order valence-corrected chi connectivity index (χ3v) is 11.4. The maximum Gasteiger partial charge on any atom is 0.187 e. The van der Waals surface area contributed by atoms with Crippen molar-refractivity contribution in [3.05, 3.63) is 214 Å². The molecular formula is C59H56N12O6. The summed E-state index contributed by atoms with van der Waals surface area (Å²) >= 11 is 0. The molecular weight excluding hydrogens is 973 g/mol. The quantitative estimate of drug-likeness (QED) is 0.0771. The van der Waals surface area contributed by atoms with Crippen LogP contribution in [0.3, 0.4) is 0 Å². The number of hydrogen-bond acceptors (Lipinski definition) is 18. The lowest BCUT2D eigenvalue weighted by molar-refractivity contribution is 0.0978. The van der Waals surface area contributed by atoms with Crippen LogP contribution in [-0.2, 0) is 25.7 Å². The molecule has 0 amide bonds. The summed E-state index contributed by atoms with van der Waals surface area (Å²) in [5.74, 6) is 4.90. The molecule has 0 unspecified atom stereocenters. The molecule has 10 rings (SSSR count). The summed E-state index contributed by atoms with van der Waals surface area (Å²) in [6, 6.07) is 23.5. The number of aryl methyl sites for hydroxylation is 7. The van der Waals surface area contributed by atoms with Crippen molar-refractivity contribution in [1.82, 2.24) is 59.8 Å². The fourth-order valence-corrected chi connectivity index (χ4v) is 7.42. The normalized spacial score (nSPS) is 11.5. The van der Waals surface area contributed by atoms with Gasteiger partial charge in [0, 0.05) is 94.6 Å². The lowest BCUT2D eigenvalue weighted by Crippen LogP contribution is -2.09. The van der Waals surface area contributed by atoms with Gasteiger partial charge in [0.25, 0.3) is 0 Å². The molecule has 388 valence electrons. The molecule has 77 heavy (non-hydrogen) atoms. The van der Waals surface area contributed by atoms with Crippen molar-refractivity contribution in [3.8, 4) is 34.5 Å². The maximum atomic E-state index is 12.6. The molecule has 0 bridgehead atoms. The highest BCUT2D eigenvalue weighted by molar-refractivity contribution is 5.97. The van der Waals surface area contributed by atoms with Crippen molar-refractivity contribution in [2.24, 2.45) is 0 Å². The average molecular weight is 1030 g/mol. The molecule has 1 saturated carbocycles. The van der Waals surface area contributed by atoms with E-state index in [-0.39, 0.29) is 36.6 Å². The van der Waals surface area contributed by atoms with Gasteiger partial charge >= 0.3 is 0 Å². The molecule has 0 radical (unpaired) electrons. The van der Waals surface area contributed by atoms with Crippen LogP contribution in [0, 0.1) is 41.5 Å². The van der Waals surface area contributed by atoms with Crippen LogP contribution < -0.4 is 14.2 Å². The Labute approximate surface area is 446 Å². The van der Waals surface area contributed by atoms with Gasteiger partial charge in [-0.15, -0.1) is 0 Å². The highest BCUT2D eigenvalue weighted by Crippen LogP contribution is 2.38. The lowest BCUT2D eigenvalue weighted by atomic mass is 10.1. The molecule has 0 saturated heterocycles. The minimum Gasteiger partial charge on any atom is -0.454 e. The summed E-state index contributed by atoms with van der Waals surface area (Å²) in [5, 5.41) is 0. The molecule has 0 spiro atoms. The summed E-state index contributed by atoms with van der Waals surface area (Å²) in [4.78, 5) is 88.4. The van der Waals surface area contributed by atoms with Gasteiger partial charge in [-0.2, -0.15) is 0 Å². The van der Waals surface area contributed by atoms with Gasteiger partial charge < -0.3 is 14.2 Å². The van der Waals surface area contributed by atoms with Crippen molar-refractivity contribution in [2.75, 3.05) is 0 Å². The van der Waals surface area contributed by atoms with Gasteiger partial charge in [-0.1, -0.05) is 25.1 Å². The van der Waals surface area contributed by atoms with E-state index in [0.717, 1.165) is 53.3 Å². The first kappa shape index (κ1) is 53.8. The van der Waals surface area contributed by atoms with E-state index in [0.29, 0.717) is 86.1 Å². The van der Waals surface area contributed by atoms with Gasteiger partial charge in [0.05, 0.1) is 56.4 Å². The first-order chi connectivity index (χ1) is 37.2. The monoisotopic (exact) mass is 1030 g/mol. The first-order valence-electron chi connectivity index (χ1n) is 24.9. The molecule has 1 aliphatic carbocycles. The molecule has 0 aromatic carbocycles. The second-order valence-electron chi connectivity index (χ2n) is 18.3. The molecule has 18 nitrogen and oxygen atoms in total. The van der Waals surface area contributed by atoms with Gasteiger partial charge in [-0.25, -0.2) is 44.9 Å². The predicted octanol–water partition coefficient (Wildman–Crippen LogP) is 10.7. The minimum atomic E-state index is -0.106. The largest absolute Gasteiger partial charge is 0.454 e. The standard InChI is InChI=1S/C21H20N4O2.2C19H18N4O2/c1-13-3-6-16(22-10-13)8-20(26)19-9-17(7-14(2)25-19)27-18-11-23-21(24-12-18)15-4-5-15;1-12-4-5-15(22-9-12)7-19(24)18-8-16(6-13(2)23-18)25-17-10-20-14(3)21-11-17;1-3-14-5-4-6-15(23-14)8-19(24)18-9-16(7-13(2)22-18)25-17-10-20-12-21-11-17/h3,6-7,9-12,15H,4-5,8H2,1-2H3;4-6,8-11H,7H2,1-3H3;4-7,9-12H,3,8H2,1-2H3. The number of carbonyl (C=O) groups is 3. The van der Waals surface area contributed by atoms with Crippen LogP contribution in [0.5, 0.6) is 34.5 Å². The van der Waals surface area contributed by atoms with Crippen LogP contribution in [0.15, 0.2) is 135 Å². The van der Waals surface area contributed by atoms with Crippen LogP contribution >= 0.6 is 0 Å². The zero-order valence-corrected chi connectivity index (χ0v) is 43.8. The second kappa shape index (κ2) is 25.7.